The molecule has 9 heteroatoms. The van der Waals surface area contributed by atoms with Crippen molar-refractivity contribution in [2.24, 2.45) is 5.92 Å². The first-order valence-corrected chi connectivity index (χ1v) is 3.18. The van der Waals surface area contributed by atoms with Crippen LogP contribution in [0.25, 0.3) is 0 Å². The third-order valence-electron chi connectivity index (χ3n) is 1.33. The molecule has 0 amide bonds. The molecule has 0 aromatic rings. The highest BCUT2D eigenvalue weighted by Crippen LogP contribution is 2.43. The van der Waals surface area contributed by atoms with Crippen LogP contribution in [-0.2, 0) is 4.79 Å². The standard InChI is InChI=1S/C6H3F7O2/c7-1-2(4(14)15)3(5(8,9)10)6(11,12)13/h1,3H,(H,14,15). The number of alkyl halides is 6. The maximum Gasteiger partial charge on any atom is 0.404 e. The Bertz CT molecular complexity index is 260. The van der Waals surface area contributed by atoms with E-state index >= 15 is 0 Å². The summed E-state index contributed by atoms with van der Waals surface area (Å²) in [6, 6.07) is 0. The quantitative estimate of drug-likeness (QED) is 0.595. The zero-order valence-electron chi connectivity index (χ0n) is 6.66. The Morgan fingerprint density at radius 3 is 1.47 bits per heavy atom. The Hall–Kier alpha value is -1.28. The maximum atomic E-state index is 11.8. The van der Waals surface area contributed by atoms with E-state index in [2.05, 4.69) is 0 Å². The molecule has 2 nitrogen and oxygen atoms in total. The molecule has 0 heterocycles. The Balaban J connectivity index is 5.41. The van der Waals surface area contributed by atoms with Crippen molar-refractivity contribution in [2.75, 3.05) is 0 Å². The molecule has 0 bridgehead atoms. The predicted octanol–water partition coefficient (Wildman–Crippen LogP) is 2.67. The molecule has 0 spiro atoms. The molecule has 0 rings (SSSR count). The summed E-state index contributed by atoms with van der Waals surface area (Å²) in [4.78, 5) is 9.96. The fourth-order valence-electron chi connectivity index (χ4n) is 0.771. The van der Waals surface area contributed by atoms with Gasteiger partial charge in [-0.25, -0.2) is 9.18 Å². The fraction of sp³-hybridized carbons (Fsp3) is 0.500. The van der Waals surface area contributed by atoms with E-state index < -0.39 is 36.1 Å². The second-order valence-corrected chi connectivity index (χ2v) is 2.39. The van der Waals surface area contributed by atoms with Crippen LogP contribution in [0.1, 0.15) is 0 Å². The van der Waals surface area contributed by atoms with Gasteiger partial charge in [-0.2, -0.15) is 26.3 Å². The molecule has 0 saturated carbocycles. The molecule has 0 saturated heterocycles. The maximum absolute atomic E-state index is 11.8. The average Bonchev–Trinajstić information content (AvgIpc) is 1.93. The molecule has 0 fully saturated rings. The van der Waals surface area contributed by atoms with Crippen LogP contribution in [0.5, 0.6) is 0 Å². The number of halogens is 7. The van der Waals surface area contributed by atoms with Gasteiger partial charge < -0.3 is 5.11 Å². The van der Waals surface area contributed by atoms with Crippen molar-refractivity contribution in [3.05, 3.63) is 11.9 Å². The van der Waals surface area contributed by atoms with Gasteiger partial charge in [0, 0.05) is 0 Å². The normalized spacial score (nSPS) is 14.5. The molecule has 0 aliphatic rings. The summed E-state index contributed by atoms with van der Waals surface area (Å²) in [5.41, 5.74) is -2.39. The van der Waals surface area contributed by atoms with Gasteiger partial charge in [0.05, 0.1) is 11.9 Å². The van der Waals surface area contributed by atoms with Crippen LogP contribution in [0.3, 0.4) is 0 Å². The number of carbonyl (C=O) groups is 1. The highest BCUT2D eigenvalue weighted by Gasteiger charge is 2.60. The van der Waals surface area contributed by atoms with Crippen LogP contribution in [0.2, 0.25) is 0 Å². The lowest BCUT2D eigenvalue weighted by atomic mass is 9.99. The van der Waals surface area contributed by atoms with Gasteiger partial charge in [0.1, 0.15) is 0 Å². The van der Waals surface area contributed by atoms with Crippen molar-refractivity contribution in [2.45, 2.75) is 12.4 Å². The molecule has 0 aliphatic heterocycles. The Labute approximate surface area is 78.0 Å². The van der Waals surface area contributed by atoms with E-state index in [9.17, 15) is 35.5 Å². The first-order valence-electron chi connectivity index (χ1n) is 3.18. The van der Waals surface area contributed by atoms with Crippen LogP contribution in [0, 0.1) is 5.92 Å². The van der Waals surface area contributed by atoms with Crippen LogP contribution in [0.4, 0.5) is 30.7 Å². The van der Waals surface area contributed by atoms with Crippen LogP contribution >= 0.6 is 0 Å². The molecule has 0 aromatic carbocycles. The van der Waals surface area contributed by atoms with Crippen molar-refractivity contribution in [3.63, 3.8) is 0 Å². The van der Waals surface area contributed by atoms with Gasteiger partial charge in [-0.1, -0.05) is 0 Å². The highest BCUT2D eigenvalue weighted by molar-refractivity contribution is 5.87. The van der Waals surface area contributed by atoms with E-state index in [1.54, 1.807) is 0 Å². The third kappa shape index (κ3) is 3.40. The monoisotopic (exact) mass is 240 g/mol. The Morgan fingerprint density at radius 2 is 1.40 bits per heavy atom. The molecule has 15 heavy (non-hydrogen) atoms. The second kappa shape index (κ2) is 4.07. The van der Waals surface area contributed by atoms with Crippen molar-refractivity contribution in [1.29, 1.82) is 0 Å². The van der Waals surface area contributed by atoms with Crippen LogP contribution in [0.15, 0.2) is 11.9 Å². The van der Waals surface area contributed by atoms with Crippen molar-refractivity contribution < 1.29 is 40.6 Å². The van der Waals surface area contributed by atoms with E-state index in [1.165, 1.54) is 0 Å². The van der Waals surface area contributed by atoms with Crippen LogP contribution < -0.4 is 0 Å². The van der Waals surface area contributed by atoms with E-state index in [4.69, 9.17) is 5.11 Å². The molecule has 1 N–H and O–H groups in total. The van der Waals surface area contributed by atoms with Gasteiger partial charge in [-0.15, -0.1) is 0 Å². The SMILES string of the molecule is O=C(O)C(=CF)C(C(F)(F)F)C(F)(F)F. The Kier molecular flexibility index (Phi) is 3.72. The van der Waals surface area contributed by atoms with Gasteiger partial charge in [0.25, 0.3) is 0 Å². The van der Waals surface area contributed by atoms with Gasteiger partial charge in [0.2, 0.25) is 0 Å². The lowest BCUT2D eigenvalue weighted by Crippen LogP contribution is -2.39. The summed E-state index contributed by atoms with van der Waals surface area (Å²) >= 11 is 0. The number of aliphatic carboxylic acids is 1. The zero-order chi connectivity index (χ0) is 12.4. The van der Waals surface area contributed by atoms with Gasteiger partial charge in [0.15, 0.2) is 5.92 Å². The average molecular weight is 240 g/mol. The van der Waals surface area contributed by atoms with Crippen molar-refractivity contribution >= 4 is 5.97 Å². The molecule has 0 aliphatic carbocycles. The zero-order valence-corrected chi connectivity index (χ0v) is 6.66. The fourth-order valence-corrected chi connectivity index (χ4v) is 0.771. The first kappa shape index (κ1) is 13.7. The molecule has 88 valence electrons. The van der Waals surface area contributed by atoms with E-state index in [-0.39, 0.29) is 0 Å². The topological polar surface area (TPSA) is 37.3 Å². The number of hydrogen-bond donors (Lipinski definition) is 1. The molecule has 0 atom stereocenters. The van der Waals surface area contributed by atoms with E-state index in [0.29, 0.717) is 0 Å². The predicted molar refractivity (Wildman–Crippen MR) is 32.4 cm³/mol. The summed E-state index contributed by atoms with van der Waals surface area (Å²) in [7, 11) is 0. The molecule has 0 unspecified atom stereocenters. The largest absolute Gasteiger partial charge is 0.478 e. The minimum absolute atomic E-state index is 1.21. The minimum Gasteiger partial charge on any atom is -0.478 e. The van der Waals surface area contributed by atoms with Gasteiger partial charge >= 0.3 is 18.3 Å². The molecular weight excluding hydrogens is 237 g/mol. The second-order valence-electron chi connectivity index (χ2n) is 2.39. The third-order valence-corrected chi connectivity index (χ3v) is 1.33. The molecular formula is C6H3F7O2. The Morgan fingerprint density at radius 1 is 1.07 bits per heavy atom. The number of rotatable bonds is 2. The smallest absolute Gasteiger partial charge is 0.404 e. The summed E-state index contributed by atoms with van der Waals surface area (Å²) in [5, 5.41) is 7.96. The number of carboxylic acid groups (broad SMARTS) is 1. The van der Waals surface area contributed by atoms with E-state index in [0.717, 1.165) is 0 Å². The van der Waals surface area contributed by atoms with Crippen molar-refractivity contribution in [3.8, 4) is 0 Å². The summed E-state index contributed by atoms with van der Waals surface area (Å²) in [6.07, 6.45) is -13.0. The summed E-state index contributed by atoms with van der Waals surface area (Å²) in [5.74, 6) is -6.94. The molecule has 0 radical (unpaired) electrons. The highest BCUT2D eigenvalue weighted by atomic mass is 19.4. The summed E-state index contributed by atoms with van der Waals surface area (Å²) in [6.45, 7) is 0. The minimum atomic E-state index is -5.91. The van der Waals surface area contributed by atoms with Crippen molar-refractivity contribution in [1.82, 2.24) is 0 Å². The van der Waals surface area contributed by atoms with E-state index in [1.807, 2.05) is 0 Å². The lowest BCUT2D eigenvalue weighted by Gasteiger charge is -2.22. The molecule has 0 aromatic heterocycles. The lowest BCUT2D eigenvalue weighted by molar-refractivity contribution is -0.272. The van der Waals surface area contributed by atoms with Crippen LogP contribution in [-0.4, -0.2) is 23.4 Å². The first-order chi connectivity index (χ1) is 6.51. The number of carboxylic acids is 1. The summed E-state index contributed by atoms with van der Waals surface area (Å²) < 4.78 is 82.6. The van der Waals surface area contributed by atoms with Gasteiger partial charge in [-0.05, 0) is 0 Å². The number of hydrogen-bond acceptors (Lipinski definition) is 1. The van der Waals surface area contributed by atoms with Gasteiger partial charge in [-0.3, -0.25) is 0 Å².